The SMILES string of the molecule is COc1cc(OC)c(/C=C/S(=O)(=O)Cc2ccc(OC)c(NC(=O)C(F)(F)C=O)c2)c(OC)c1. The lowest BCUT2D eigenvalue weighted by Crippen LogP contribution is -2.36. The molecule has 0 aliphatic rings. The maximum absolute atomic E-state index is 13.3. The van der Waals surface area contributed by atoms with Crippen molar-refractivity contribution < 1.29 is 45.7 Å². The molecular weight excluding hydrogens is 476 g/mol. The number of rotatable bonds is 11. The molecule has 2 aromatic carbocycles. The van der Waals surface area contributed by atoms with E-state index in [-0.39, 0.29) is 17.0 Å². The number of carbonyl (C=O) groups is 2. The molecule has 0 aromatic heterocycles. The largest absolute Gasteiger partial charge is 0.496 e. The summed E-state index contributed by atoms with van der Waals surface area (Å²) in [7, 11) is 1.62. The van der Waals surface area contributed by atoms with Crippen LogP contribution in [-0.4, -0.2) is 55.0 Å². The van der Waals surface area contributed by atoms with E-state index in [1.807, 2.05) is 5.32 Å². The van der Waals surface area contributed by atoms with Gasteiger partial charge in [0.25, 0.3) is 0 Å². The molecule has 2 rings (SSSR count). The van der Waals surface area contributed by atoms with Gasteiger partial charge in [0.1, 0.15) is 23.0 Å². The predicted octanol–water partition coefficient (Wildman–Crippen LogP) is 3.08. The molecule has 0 saturated carbocycles. The summed E-state index contributed by atoms with van der Waals surface area (Å²) in [6.45, 7) is 0. The lowest BCUT2D eigenvalue weighted by Gasteiger charge is -2.14. The first-order valence-corrected chi connectivity index (χ1v) is 11.2. The third kappa shape index (κ3) is 6.44. The summed E-state index contributed by atoms with van der Waals surface area (Å²) >= 11 is 0. The van der Waals surface area contributed by atoms with Crippen molar-refractivity contribution in [2.75, 3.05) is 33.8 Å². The molecule has 34 heavy (non-hydrogen) atoms. The normalized spacial score (nSPS) is 11.7. The second kappa shape index (κ2) is 11.0. The van der Waals surface area contributed by atoms with Gasteiger partial charge in [-0.25, -0.2) is 8.42 Å². The Labute approximate surface area is 195 Å². The zero-order chi connectivity index (χ0) is 25.5. The number of anilines is 1. The lowest BCUT2D eigenvalue weighted by molar-refractivity contribution is -0.146. The highest BCUT2D eigenvalue weighted by Gasteiger charge is 2.38. The number of benzene rings is 2. The Bertz CT molecular complexity index is 1170. The standard InChI is InChI=1S/C22H23F2NO8S/c1-30-15-10-19(32-3)16(20(11-15)33-4)7-8-34(28,29)12-14-5-6-18(31-2)17(9-14)25-21(27)22(23,24)13-26/h5-11,13H,12H2,1-4H3,(H,25,27)/b8-7+. The van der Waals surface area contributed by atoms with E-state index in [1.54, 1.807) is 12.1 Å². The van der Waals surface area contributed by atoms with Crippen LogP contribution in [0.15, 0.2) is 35.7 Å². The summed E-state index contributed by atoms with van der Waals surface area (Å²) in [5, 5.41) is 2.82. The van der Waals surface area contributed by atoms with Crippen LogP contribution in [0, 0.1) is 0 Å². The van der Waals surface area contributed by atoms with Crippen LogP contribution >= 0.6 is 0 Å². The second-order valence-electron chi connectivity index (χ2n) is 6.79. The van der Waals surface area contributed by atoms with Crippen molar-refractivity contribution in [3.8, 4) is 23.0 Å². The zero-order valence-electron chi connectivity index (χ0n) is 18.8. The Balaban J connectivity index is 2.34. The minimum absolute atomic E-state index is 0.000514. The van der Waals surface area contributed by atoms with Crippen molar-refractivity contribution in [3.05, 3.63) is 46.9 Å². The molecule has 0 aliphatic carbocycles. The van der Waals surface area contributed by atoms with E-state index >= 15 is 0 Å². The molecule has 9 nitrogen and oxygen atoms in total. The van der Waals surface area contributed by atoms with Gasteiger partial charge in [-0.2, -0.15) is 8.78 Å². The topological polar surface area (TPSA) is 117 Å². The number of alkyl halides is 2. The van der Waals surface area contributed by atoms with Gasteiger partial charge >= 0.3 is 11.8 Å². The van der Waals surface area contributed by atoms with Crippen LogP contribution in [0.25, 0.3) is 6.08 Å². The molecule has 0 atom stereocenters. The highest BCUT2D eigenvalue weighted by Crippen LogP contribution is 2.35. The second-order valence-corrected chi connectivity index (χ2v) is 8.67. The fourth-order valence-corrected chi connectivity index (χ4v) is 3.93. The summed E-state index contributed by atoms with van der Waals surface area (Å²) in [6, 6.07) is 6.98. The van der Waals surface area contributed by atoms with Crippen molar-refractivity contribution in [1.29, 1.82) is 0 Å². The monoisotopic (exact) mass is 499 g/mol. The van der Waals surface area contributed by atoms with E-state index in [1.165, 1.54) is 46.6 Å². The van der Waals surface area contributed by atoms with Gasteiger partial charge in [-0.1, -0.05) is 6.07 Å². The Hall–Kier alpha value is -3.67. The summed E-state index contributed by atoms with van der Waals surface area (Å²) in [5.74, 6) is -5.59. The predicted molar refractivity (Wildman–Crippen MR) is 120 cm³/mol. The summed E-state index contributed by atoms with van der Waals surface area (Å²) in [6.07, 6.45) is 0.499. The van der Waals surface area contributed by atoms with Crippen LogP contribution in [0.5, 0.6) is 23.0 Å². The fourth-order valence-electron chi connectivity index (χ4n) is 2.85. The minimum atomic E-state index is -4.26. The lowest BCUT2D eigenvalue weighted by atomic mass is 10.1. The highest BCUT2D eigenvalue weighted by molar-refractivity contribution is 7.93. The number of hydrogen-bond acceptors (Lipinski definition) is 8. The van der Waals surface area contributed by atoms with Crippen LogP contribution in [0.3, 0.4) is 0 Å². The number of amides is 1. The fraction of sp³-hybridized carbons (Fsp3) is 0.273. The summed E-state index contributed by atoms with van der Waals surface area (Å²) in [4.78, 5) is 22.1. The van der Waals surface area contributed by atoms with E-state index in [2.05, 4.69) is 0 Å². The van der Waals surface area contributed by atoms with Crippen molar-refractivity contribution >= 4 is 33.8 Å². The van der Waals surface area contributed by atoms with Crippen molar-refractivity contribution in [2.24, 2.45) is 0 Å². The number of hydrogen-bond donors (Lipinski definition) is 1. The number of ether oxygens (including phenoxy) is 4. The quantitative estimate of drug-likeness (QED) is 0.370. The van der Waals surface area contributed by atoms with Gasteiger partial charge in [0.15, 0.2) is 16.1 Å². The number of carbonyl (C=O) groups excluding carboxylic acids is 2. The minimum Gasteiger partial charge on any atom is -0.496 e. The van der Waals surface area contributed by atoms with E-state index < -0.39 is 33.7 Å². The first-order chi connectivity index (χ1) is 16.0. The van der Waals surface area contributed by atoms with Crippen molar-refractivity contribution in [2.45, 2.75) is 11.7 Å². The zero-order valence-corrected chi connectivity index (χ0v) is 19.6. The molecule has 0 saturated heterocycles. The van der Waals surface area contributed by atoms with E-state index in [0.717, 1.165) is 11.5 Å². The third-order valence-electron chi connectivity index (χ3n) is 4.53. The Morgan fingerprint density at radius 3 is 2.06 bits per heavy atom. The molecule has 0 unspecified atom stereocenters. The first-order valence-electron chi connectivity index (χ1n) is 9.53. The molecule has 12 heteroatoms. The molecule has 1 N–H and O–H groups in total. The molecule has 0 radical (unpaired) electrons. The first kappa shape index (κ1) is 26.6. The molecule has 1 amide bonds. The van der Waals surface area contributed by atoms with Crippen LogP contribution < -0.4 is 24.3 Å². The Morgan fingerprint density at radius 2 is 1.56 bits per heavy atom. The molecule has 0 spiro atoms. The van der Waals surface area contributed by atoms with Gasteiger partial charge in [0.05, 0.1) is 45.4 Å². The molecule has 184 valence electrons. The van der Waals surface area contributed by atoms with Crippen LogP contribution in [0.2, 0.25) is 0 Å². The number of aldehydes is 1. The molecule has 0 bridgehead atoms. The molecule has 0 heterocycles. The number of methoxy groups -OCH3 is 4. The van der Waals surface area contributed by atoms with Gasteiger partial charge in [-0.05, 0) is 23.8 Å². The number of halogens is 2. The van der Waals surface area contributed by atoms with Gasteiger partial charge in [-0.3, -0.25) is 9.59 Å². The van der Waals surface area contributed by atoms with Crippen LogP contribution in [0.4, 0.5) is 14.5 Å². The Morgan fingerprint density at radius 1 is 0.971 bits per heavy atom. The molecule has 0 fully saturated rings. The van der Waals surface area contributed by atoms with Gasteiger partial charge in [0, 0.05) is 17.5 Å². The Kier molecular flexibility index (Phi) is 8.57. The smallest absolute Gasteiger partial charge is 0.379 e. The molecule has 0 aliphatic heterocycles. The maximum atomic E-state index is 13.3. The molecule has 2 aromatic rings. The van der Waals surface area contributed by atoms with E-state index in [0.29, 0.717) is 22.8 Å². The third-order valence-corrected chi connectivity index (χ3v) is 5.81. The van der Waals surface area contributed by atoms with E-state index in [4.69, 9.17) is 18.9 Å². The average molecular weight is 499 g/mol. The summed E-state index contributed by atoms with van der Waals surface area (Å²) in [5.41, 5.74) is 0.307. The van der Waals surface area contributed by atoms with Crippen molar-refractivity contribution in [1.82, 2.24) is 0 Å². The van der Waals surface area contributed by atoms with Crippen LogP contribution in [-0.2, 0) is 25.2 Å². The number of nitrogens with one attached hydrogen (secondary N) is 1. The van der Waals surface area contributed by atoms with Gasteiger partial charge in [0.2, 0.25) is 0 Å². The van der Waals surface area contributed by atoms with Crippen LogP contribution in [0.1, 0.15) is 11.1 Å². The van der Waals surface area contributed by atoms with Crippen molar-refractivity contribution in [3.63, 3.8) is 0 Å². The number of sulfone groups is 1. The van der Waals surface area contributed by atoms with Gasteiger partial charge in [-0.15, -0.1) is 0 Å². The maximum Gasteiger partial charge on any atom is 0.379 e. The summed E-state index contributed by atoms with van der Waals surface area (Å²) < 4.78 is 72.8. The molecular formula is C22H23F2NO8S. The van der Waals surface area contributed by atoms with Gasteiger partial charge < -0.3 is 24.3 Å². The average Bonchev–Trinajstić information content (AvgIpc) is 2.81. The highest BCUT2D eigenvalue weighted by atomic mass is 32.2. The van der Waals surface area contributed by atoms with E-state index in [9.17, 15) is 26.8 Å².